The summed E-state index contributed by atoms with van der Waals surface area (Å²) in [4.78, 5) is 37.0. The Balaban J connectivity index is 1.42. The molecule has 4 unspecified atom stereocenters. The van der Waals surface area contributed by atoms with Crippen molar-refractivity contribution in [3.63, 3.8) is 0 Å². The fourth-order valence-corrected chi connectivity index (χ4v) is 5.31. The lowest BCUT2D eigenvalue weighted by Gasteiger charge is -2.14. The zero-order valence-electron chi connectivity index (χ0n) is 18.8. The van der Waals surface area contributed by atoms with Crippen LogP contribution in [0, 0.1) is 33.8 Å². The maximum Gasteiger partial charge on any atom is 0.315 e. The zero-order chi connectivity index (χ0) is 24.7. The Bertz CT molecular complexity index is 1250. The second-order valence-electron chi connectivity index (χ2n) is 8.67. The summed E-state index contributed by atoms with van der Waals surface area (Å²) in [7, 11) is 0. The van der Waals surface area contributed by atoms with Gasteiger partial charge < -0.3 is 9.47 Å². The van der Waals surface area contributed by atoms with Crippen LogP contribution in [0.4, 0.5) is 5.69 Å². The first-order valence-electron chi connectivity index (χ1n) is 11.3. The molecular formula is C25H22ClN3O6. The fraction of sp³-hybridized carbons (Fsp3) is 0.320. The van der Waals surface area contributed by atoms with Crippen LogP contribution >= 0.6 is 11.6 Å². The maximum absolute atomic E-state index is 12.8. The number of hydrazone groups is 1. The van der Waals surface area contributed by atoms with Gasteiger partial charge in [-0.2, -0.15) is 10.1 Å². The van der Waals surface area contributed by atoms with Gasteiger partial charge in [0.1, 0.15) is 6.61 Å². The van der Waals surface area contributed by atoms with E-state index in [4.69, 9.17) is 21.1 Å². The average Bonchev–Trinajstić information content (AvgIpc) is 3.52. The van der Waals surface area contributed by atoms with Gasteiger partial charge in [0.15, 0.2) is 5.75 Å². The lowest BCUT2D eigenvalue weighted by Crippen LogP contribution is -2.28. The van der Waals surface area contributed by atoms with Gasteiger partial charge in [0.05, 0.1) is 29.6 Å². The summed E-state index contributed by atoms with van der Waals surface area (Å²) in [5, 5.41) is 17.4. The highest BCUT2D eigenvalue weighted by atomic mass is 35.5. The first-order valence-corrected chi connectivity index (χ1v) is 11.7. The van der Waals surface area contributed by atoms with E-state index >= 15 is 0 Å². The third-order valence-electron chi connectivity index (χ3n) is 6.65. The Labute approximate surface area is 206 Å². The fourth-order valence-electron chi connectivity index (χ4n) is 5.12. The van der Waals surface area contributed by atoms with Gasteiger partial charge in [-0.15, -0.1) is 0 Å². The highest BCUT2D eigenvalue weighted by molar-refractivity contribution is 6.31. The van der Waals surface area contributed by atoms with Gasteiger partial charge in [-0.1, -0.05) is 42.0 Å². The number of fused-ring (bicyclic) bond motifs is 5. The van der Waals surface area contributed by atoms with Crippen LogP contribution in [0.15, 0.2) is 53.7 Å². The number of amides is 2. The molecule has 0 N–H and O–H groups in total. The molecule has 2 aromatic carbocycles. The van der Waals surface area contributed by atoms with Crippen LogP contribution in [0.25, 0.3) is 0 Å². The van der Waals surface area contributed by atoms with E-state index in [2.05, 4.69) is 5.10 Å². The molecule has 180 valence electrons. The number of hydrogen-bond acceptors (Lipinski definition) is 7. The van der Waals surface area contributed by atoms with Crippen LogP contribution in [0.1, 0.15) is 24.5 Å². The predicted octanol–water partition coefficient (Wildman–Crippen LogP) is 4.37. The molecule has 2 aliphatic carbocycles. The predicted molar refractivity (Wildman–Crippen MR) is 127 cm³/mol. The highest BCUT2D eigenvalue weighted by Crippen LogP contribution is 2.52. The van der Waals surface area contributed by atoms with Crippen molar-refractivity contribution in [3.8, 4) is 11.5 Å². The van der Waals surface area contributed by atoms with Crippen LogP contribution in [0.5, 0.6) is 11.5 Å². The largest absolute Gasteiger partial charge is 0.490 e. The molecule has 9 nitrogen and oxygen atoms in total. The molecule has 3 aliphatic rings. The minimum absolute atomic E-state index is 0.00392. The normalized spacial score (nSPS) is 24.5. The van der Waals surface area contributed by atoms with Crippen molar-refractivity contribution >= 4 is 35.3 Å². The van der Waals surface area contributed by atoms with E-state index in [0.29, 0.717) is 16.1 Å². The van der Waals surface area contributed by atoms with Gasteiger partial charge in [-0.3, -0.25) is 19.7 Å². The Kier molecular flexibility index (Phi) is 6.02. The Morgan fingerprint density at radius 2 is 1.83 bits per heavy atom. The minimum Gasteiger partial charge on any atom is -0.490 e. The number of hydrogen-bond donors (Lipinski definition) is 0. The topological polar surface area (TPSA) is 111 Å². The highest BCUT2D eigenvalue weighted by Gasteiger charge is 2.59. The van der Waals surface area contributed by atoms with Gasteiger partial charge in [-0.05, 0) is 37.3 Å². The molecule has 0 aromatic heterocycles. The number of benzene rings is 2. The summed E-state index contributed by atoms with van der Waals surface area (Å²) in [6, 6.07) is 9.83. The number of halogens is 1. The average molecular weight is 496 g/mol. The lowest BCUT2D eigenvalue weighted by atomic mass is 9.85. The van der Waals surface area contributed by atoms with Crippen LogP contribution < -0.4 is 9.47 Å². The summed E-state index contributed by atoms with van der Waals surface area (Å²) < 4.78 is 11.4. The molecule has 2 bridgehead atoms. The number of nitro groups is 1. The van der Waals surface area contributed by atoms with E-state index in [1.807, 2.05) is 12.2 Å². The number of ether oxygens (including phenoxy) is 2. The quantitative estimate of drug-likeness (QED) is 0.177. The summed E-state index contributed by atoms with van der Waals surface area (Å²) in [5.41, 5.74) is 0.628. The standard InChI is InChI=1S/C25H22ClN3O6/c1-2-34-20-10-14(9-19(29(32)33)23(20)35-13-17-5-3-4-6-18(17)26)12-27-28-24(30)21-15-7-8-16(11-15)22(21)25(28)31/h3-10,12,15-16,21-22H,2,11,13H2,1H3. The van der Waals surface area contributed by atoms with Crippen molar-refractivity contribution in [2.75, 3.05) is 6.61 Å². The Morgan fingerprint density at radius 1 is 1.14 bits per heavy atom. The molecule has 10 heteroatoms. The monoisotopic (exact) mass is 495 g/mol. The number of carbonyl (C=O) groups excluding carboxylic acids is 2. The molecule has 1 saturated heterocycles. The van der Waals surface area contributed by atoms with Crippen LogP contribution in [0.2, 0.25) is 5.02 Å². The van der Waals surface area contributed by atoms with E-state index in [9.17, 15) is 19.7 Å². The molecule has 0 radical (unpaired) electrons. The summed E-state index contributed by atoms with van der Waals surface area (Å²) >= 11 is 6.18. The third kappa shape index (κ3) is 4.05. The van der Waals surface area contributed by atoms with E-state index in [1.165, 1.54) is 18.3 Å². The zero-order valence-corrected chi connectivity index (χ0v) is 19.6. The van der Waals surface area contributed by atoms with E-state index in [1.54, 1.807) is 31.2 Å². The molecule has 1 aliphatic heterocycles. The Hall–Kier alpha value is -3.72. The van der Waals surface area contributed by atoms with E-state index in [-0.39, 0.29) is 65.9 Å². The van der Waals surface area contributed by atoms with Crippen LogP contribution in [-0.2, 0) is 16.2 Å². The minimum atomic E-state index is -0.582. The van der Waals surface area contributed by atoms with Gasteiger partial charge in [-0.25, -0.2) is 0 Å². The number of carbonyl (C=O) groups is 2. The molecule has 1 saturated carbocycles. The number of nitro benzene ring substituents is 1. The van der Waals surface area contributed by atoms with Gasteiger partial charge in [0.25, 0.3) is 11.8 Å². The third-order valence-corrected chi connectivity index (χ3v) is 7.02. The van der Waals surface area contributed by atoms with E-state index in [0.717, 1.165) is 11.4 Å². The molecule has 4 atom stereocenters. The smallest absolute Gasteiger partial charge is 0.315 e. The first kappa shape index (κ1) is 23.0. The second-order valence-corrected chi connectivity index (χ2v) is 9.08. The molecular weight excluding hydrogens is 474 g/mol. The molecule has 0 spiro atoms. The van der Waals surface area contributed by atoms with Crippen LogP contribution in [0.3, 0.4) is 0 Å². The summed E-state index contributed by atoms with van der Waals surface area (Å²) in [5.74, 6) is -1.15. The summed E-state index contributed by atoms with van der Waals surface area (Å²) in [6.45, 7) is 1.99. The number of rotatable bonds is 8. The molecule has 2 aromatic rings. The lowest BCUT2D eigenvalue weighted by molar-refractivity contribution is -0.386. The van der Waals surface area contributed by atoms with Crippen molar-refractivity contribution < 1.29 is 24.0 Å². The molecule has 1 heterocycles. The number of imide groups is 1. The second kappa shape index (κ2) is 9.14. The number of allylic oxidation sites excluding steroid dienone is 2. The summed E-state index contributed by atoms with van der Waals surface area (Å²) in [6.07, 6.45) is 6.09. The van der Waals surface area contributed by atoms with Crippen molar-refractivity contribution in [2.24, 2.45) is 28.8 Å². The van der Waals surface area contributed by atoms with Crippen molar-refractivity contribution in [1.82, 2.24) is 5.01 Å². The number of nitrogens with zero attached hydrogens (tertiary/aromatic N) is 3. The first-order chi connectivity index (χ1) is 16.9. The van der Waals surface area contributed by atoms with Gasteiger partial charge >= 0.3 is 5.69 Å². The Morgan fingerprint density at radius 3 is 2.46 bits per heavy atom. The molecule has 35 heavy (non-hydrogen) atoms. The molecule has 2 amide bonds. The molecule has 5 rings (SSSR count). The van der Waals surface area contributed by atoms with Crippen molar-refractivity contribution in [2.45, 2.75) is 20.0 Å². The van der Waals surface area contributed by atoms with Crippen molar-refractivity contribution in [1.29, 1.82) is 0 Å². The van der Waals surface area contributed by atoms with Gasteiger partial charge in [0, 0.05) is 22.2 Å². The molecule has 2 fully saturated rings. The van der Waals surface area contributed by atoms with Gasteiger partial charge in [0.2, 0.25) is 5.75 Å². The maximum atomic E-state index is 12.8. The van der Waals surface area contributed by atoms with Crippen LogP contribution in [-0.4, -0.2) is 34.6 Å². The van der Waals surface area contributed by atoms with E-state index < -0.39 is 4.92 Å². The van der Waals surface area contributed by atoms with Crippen molar-refractivity contribution in [3.05, 3.63) is 74.8 Å². The SMILES string of the molecule is CCOc1cc(C=NN2C(=O)C3C4C=CC(C4)C3C2=O)cc([N+](=O)[O-])c1OCc1ccccc1Cl.